The first-order chi connectivity index (χ1) is 28.3. The number of furan rings is 1. The molecule has 0 bridgehead atoms. The van der Waals surface area contributed by atoms with Crippen LogP contribution in [0.1, 0.15) is 12.5 Å². The number of hydrogen-bond acceptors (Lipinski definition) is 2. The standard InChI is InChI=1S/C53H33N3O/c1-2-35-46-39-20-10-13-23-45(39)57-52(46)49(34-26-24-32(25-27-34)31-14-4-3-5-15-31)54-53(35)55-43-22-12-9-19-38(43)47-44(55)30-41-37-18-8-11-21-42(37)56-50-36-17-7-6-16-33(36)28-29-40(50)48(47)51(41)56/h3-30H,2H2,1H3. The average Bonchev–Trinajstić information content (AvgIpc) is 4.02. The van der Waals surface area contributed by atoms with E-state index in [2.05, 4.69) is 186 Å². The van der Waals surface area contributed by atoms with E-state index in [4.69, 9.17) is 9.40 Å². The Bertz CT molecular complexity index is 3770. The van der Waals surface area contributed by atoms with Crippen molar-refractivity contribution in [1.29, 1.82) is 0 Å². The van der Waals surface area contributed by atoms with Gasteiger partial charge >= 0.3 is 0 Å². The lowest BCUT2D eigenvalue weighted by Gasteiger charge is -2.16. The Balaban J connectivity index is 1.21. The molecule has 0 saturated carbocycles. The average molecular weight is 728 g/mol. The van der Waals surface area contributed by atoms with Crippen LogP contribution in [0.4, 0.5) is 0 Å². The second kappa shape index (κ2) is 11.3. The maximum atomic E-state index is 6.78. The van der Waals surface area contributed by atoms with Crippen LogP contribution in [0.15, 0.2) is 174 Å². The zero-order valence-corrected chi connectivity index (χ0v) is 31.1. The molecule has 0 atom stereocenters. The number of para-hydroxylation sites is 3. The molecule has 0 aliphatic carbocycles. The van der Waals surface area contributed by atoms with E-state index < -0.39 is 0 Å². The molecule has 13 aromatic rings. The predicted molar refractivity (Wildman–Crippen MR) is 238 cm³/mol. The van der Waals surface area contributed by atoms with E-state index in [0.29, 0.717) is 0 Å². The quantitative estimate of drug-likeness (QED) is 0.181. The highest BCUT2D eigenvalue weighted by Crippen LogP contribution is 2.49. The first-order valence-corrected chi connectivity index (χ1v) is 19.8. The molecule has 266 valence electrons. The Morgan fingerprint density at radius 2 is 1.14 bits per heavy atom. The summed E-state index contributed by atoms with van der Waals surface area (Å²) in [6.45, 7) is 2.25. The van der Waals surface area contributed by atoms with Gasteiger partial charge in [-0.3, -0.25) is 4.57 Å². The van der Waals surface area contributed by atoms with Gasteiger partial charge in [-0.05, 0) is 47.2 Å². The van der Waals surface area contributed by atoms with Gasteiger partial charge in [-0.2, -0.15) is 0 Å². The van der Waals surface area contributed by atoms with Crippen molar-refractivity contribution in [3.8, 4) is 28.2 Å². The second-order valence-electron chi connectivity index (χ2n) is 15.3. The van der Waals surface area contributed by atoms with Crippen LogP contribution in [-0.2, 0) is 6.42 Å². The molecule has 57 heavy (non-hydrogen) atoms. The van der Waals surface area contributed by atoms with Gasteiger partial charge in [0.2, 0.25) is 0 Å². The molecular weight excluding hydrogens is 695 g/mol. The summed E-state index contributed by atoms with van der Waals surface area (Å²) in [7, 11) is 0. The van der Waals surface area contributed by atoms with E-state index in [0.717, 1.165) is 56.5 Å². The Kier molecular flexibility index (Phi) is 6.12. The number of nitrogens with zero attached hydrogens (tertiary/aromatic N) is 3. The molecule has 5 heterocycles. The molecule has 0 N–H and O–H groups in total. The number of benzene rings is 8. The predicted octanol–water partition coefficient (Wildman–Crippen LogP) is 14.3. The Hall–Kier alpha value is -7.43. The van der Waals surface area contributed by atoms with Crippen molar-refractivity contribution in [3.63, 3.8) is 0 Å². The van der Waals surface area contributed by atoms with E-state index >= 15 is 0 Å². The summed E-state index contributed by atoms with van der Waals surface area (Å²) in [6, 6.07) is 61.4. The van der Waals surface area contributed by atoms with Crippen molar-refractivity contribution in [2.24, 2.45) is 0 Å². The molecule has 4 nitrogen and oxygen atoms in total. The lowest BCUT2D eigenvalue weighted by molar-refractivity contribution is 0.667. The van der Waals surface area contributed by atoms with Crippen molar-refractivity contribution in [1.82, 2.24) is 14.0 Å². The molecule has 0 amide bonds. The van der Waals surface area contributed by atoms with Crippen LogP contribution < -0.4 is 0 Å². The smallest absolute Gasteiger partial charge is 0.162 e. The third-order valence-electron chi connectivity index (χ3n) is 12.4. The first-order valence-electron chi connectivity index (χ1n) is 19.8. The van der Waals surface area contributed by atoms with Gasteiger partial charge in [0.05, 0.1) is 27.6 Å². The van der Waals surface area contributed by atoms with Gasteiger partial charge in [-0.25, -0.2) is 4.98 Å². The summed E-state index contributed by atoms with van der Waals surface area (Å²) in [6.07, 6.45) is 0.785. The molecule has 4 heteroatoms. The highest BCUT2D eigenvalue weighted by molar-refractivity contribution is 6.37. The van der Waals surface area contributed by atoms with E-state index in [1.807, 2.05) is 0 Å². The second-order valence-corrected chi connectivity index (χ2v) is 15.3. The lowest BCUT2D eigenvalue weighted by Crippen LogP contribution is -2.05. The van der Waals surface area contributed by atoms with Crippen LogP contribution in [0.2, 0.25) is 0 Å². The van der Waals surface area contributed by atoms with Crippen LogP contribution >= 0.6 is 0 Å². The van der Waals surface area contributed by atoms with Gasteiger partial charge < -0.3 is 8.82 Å². The van der Waals surface area contributed by atoms with Gasteiger partial charge in [0.25, 0.3) is 0 Å². The van der Waals surface area contributed by atoms with Gasteiger partial charge in [0.15, 0.2) is 5.58 Å². The molecule has 0 fully saturated rings. The molecule has 5 aromatic heterocycles. The van der Waals surface area contributed by atoms with Crippen LogP contribution in [-0.4, -0.2) is 14.0 Å². The summed E-state index contributed by atoms with van der Waals surface area (Å²) >= 11 is 0. The fraction of sp³-hybridized carbons (Fsp3) is 0.0377. The Morgan fingerprint density at radius 1 is 0.474 bits per heavy atom. The van der Waals surface area contributed by atoms with Crippen molar-refractivity contribution < 1.29 is 4.42 Å². The van der Waals surface area contributed by atoms with Crippen molar-refractivity contribution >= 4 is 92.6 Å². The molecule has 0 radical (unpaired) electrons. The molecule has 0 spiro atoms. The number of pyridine rings is 1. The van der Waals surface area contributed by atoms with Crippen LogP contribution in [0.5, 0.6) is 0 Å². The number of fused-ring (bicyclic) bond motifs is 15. The Morgan fingerprint density at radius 3 is 1.96 bits per heavy atom. The summed E-state index contributed by atoms with van der Waals surface area (Å²) < 4.78 is 11.8. The van der Waals surface area contributed by atoms with Crippen molar-refractivity contribution in [2.45, 2.75) is 13.3 Å². The summed E-state index contributed by atoms with van der Waals surface area (Å²) in [5.74, 6) is 0.942. The zero-order valence-electron chi connectivity index (χ0n) is 31.1. The Labute approximate surface area is 326 Å². The van der Waals surface area contributed by atoms with Gasteiger partial charge in [-0.15, -0.1) is 0 Å². The van der Waals surface area contributed by atoms with Crippen molar-refractivity contribution in [2.75, 3.05) is 0 Å². The van der Waals surface area contributed by atoms with E-state index in [1.54, 1.807) is 0 Å². The number of aryl methyl sites for hydroxylation is 1. The minimum Gasteiger partial charge on any atom is -0.454 e. The zero-order chi connectivity index (χ0) is 37.4. The first kappa shape index (κ1) is 30.8. The van der Waals surface area contributed by atoms with Gasteiger partial charge in [-0.1, -0.05) is 153 Å². The van der Waals surface area contributed by atoms with Gasteiger partial charge in [0, 0.05) is 59.6 Å². The van der Waals surface area contributed by atoms with E-state index in [-0.39, 0.29) is 0 Å². The van der Waals surface area contributed by atoms with Gasteiger partial charge in [0.1, 0.15) is 17.1 Å². The number of aromatic nitrogens is 3. The summed E-state index contributed by atoms with van der Waals surface area (Å²) in [5.41, 5.74) is 13.2. The molecule has 0 unspecified atom stereocenters. The molecule has 0 aliphatic rings. The monoisotopic (exact) mass is 727 g/mol. The number of rotatable bonds is 4. The van der Waals surface area contributed by atoms with Crippen LogP contribution in [0.3, 0.4) is 0 Å². The minimum absolute atomic E-state index is 0.785. The molecule has 8 aromatic carbocycles. The highest BCUT2D eigenvalue weighted by Gasteiger charge is 2.28. The maximum absolute atomic E-state index is 6.78. The molecule has 0 saturated heterocycles. The number of hydrogen-bond donors (Lipinski definition) is 0. The van der Waals surface area contributed by atoms with Crippen LogP contribution in [0, 0.1) is 0 Å². The van der Waals surface area contributed by atoms with Crippen molar-refractivity contribution in [3.05, 3.63) is 175 Å². The molecule has 0 aliphatic heterocycles. The summed E-state index contributed by atoms with van der Waals surface area (Å²) in [4.78, 5) is 5.73. The lowest BCUT2D eigenvalue weighted by atomic mass is 9.99. The maximum Gasteiger partial charge on any atom is 0.162 e. The fourth-order valence-electron chi connectivity index (χ4n) is 10.0. The molecular formula is C53H33N3O. The highest BCUT2D eigenvalue weighted by atomic mass is 16.3. The fourth-order valence-corrected chi connectivity index (χ4v) is 10.0. The summed E-state index contributed by atoms with van der Waals surface area (Å²) in [5, 5.41) is 12.3. The SMILES string of the molecule is CCc1c(-n2c3ccccc3c3c4c5ccc6ccccc6c5n5c6ccccc6c(cc32)c45)nc(-c2ccc(-c3ccccc3)cc2)c2oc3ccccc3c12. The molecule has 13 rings (SSSR count). The van der Waals surface area contributed by atoms with Crippen LogP contribution in [0.25, 0.3) is 121 Å². The third kappa shape index (κ3) is 4.04. The largest absolute Gasteiger partial charge is 0.454 e. The third-order valence-corrected chi connectivity index (χ3v) is 12.4. The van der Waals surface area contributed by atoms with E-state index in [9.17, 15) is 0 Å². The topological polar surface area (TPSA) is 35.4 Å². The minimum atomic E-state index is 0.785. The normalized spacial score (nSPS) is 12.4. The van der Waals surface area contributed by atoms with E-state index in [1.165, 1.54) is 76.3 Å².